The Labute approximate surface area is 155 Å². The van der Waals surface area contributed by atoms with Crippen molar-refractivity contribution in [1.29, 1.82) is 0 Å². The number of rotatable bonds is 9. The molecule has 1 aromatic heterocycles. The number of nitrogens with one attached hydrogen (secondary N) is 1. The number of aromatic nitrogens is 2. The van der Waals surface area contributed by atoms with Crippen LogP contribution in [-0.4, -0.2) is 46.7 Å². The molecule has 0 amide bonds. The third kappa shape index (κ3) is 4.40. The van der Waals surface area contributed by atoms with Crippen LogP contribution in [0.3, 0.4) is 0 Å². The maximum Gasteiger partial charge on any atom is 0.307 e. The number of carbonyl (C=O) groups is 1. The summed E-state index contributed by atoms with van der Waals surface area (Å²) < 4.78 is 10.3. The van der Waals surface area contributed by atoms with Crippen molar-refractivity contribution in [3.63, 3.8) is 0 Å². The Hall–Kier alpha value is -3.01. The number of nitro benzene ring substituents is 1. The SMILES string of the molecule is CCC(CNC(C)c1cc([N+](=O)[O-])cc2nc(OC)c(OC)nc12)C(=O)O. The Balaban J connectivity index is 2.51. The minimum Gasteiger partial charge on any atom is -0.481 e. The second-order valence-corrected chi connectivity index (χ2v) is 5.98. The van der Waals surface area contributed by atoms with Crippen molar-refractivity contribution in [2.45, 2.75) is 26.3 Å². The van der Waals surface area contributed by atoms with E-state index in [0.717, 1.165) is 0 Å². The number of ether oxygens (including phenoxy) is 2. The Kier molecular flexibility index (Phi) is 6.45. The first-order chi connectivity index (χ1) is 12.8. The van der Waals surface area contributed by atoms with Crippen molar-refractivity contribution in [3.05, 3.63) is 27.8 Å². The van der Waals surface area contributed by atoms with Crippen LogP contribution in [0.15, 0.2) is 12.1 Å². The largest absolute Gasteiger partial charge is 0.481 e. The average molecular weight is 378 g/mol. The van der Waals surface area contributed by atoms with Gasteiger partial charge in [0.2, 0.25) is 0 Å². The molecule has 146 valence electrons. The van der Waals surface area contributed by atoms with Gasteiger partial charge in [0.25, 0.3) is 17.4 Å². The fourth-order valence-corrected chi connectivity index (χ4v) is 2.68. The van der Waals surface area contributed by atoms with Crippen molar-refractivity contribution >= 4 is 22.7 Å². The molecule has 0 saturated carbocycles. The summed E-state index contributed by atoms with van der Waals surface area (Å²) in [5.41, 5.74) is 1.09. The summed E-state index contributed by atoms with van der Waals surface area (Å²) >= 11 is 0. The molecule has 2 atom stereocenters. The predicted molar refractivity (Wildman–Crippen MR) is 97.1 cm³/mol. The Morgan fingerprint density at radius 2 is 1.93 bits per heavy atom. The zero-order valence-corrected chi connectivity index (χ0v) is 15.6. The highest BCUT2D eigenvalue weighted by Crippen LogP contribution is 2.32. The van der Waals surface area contributed by atoms with E-state index in [1.807, 2.05) is 0 Å². The number of carboxylic acids is 1. The zero-order valence-electron chi connectivity index (χ0n) is 15.6. The van der Waals surface area contributed by atoms with Crippen molar-refractivity contribution in [3.8, 4) is 11.8 Å². The molecular formula is C17H22N4O6. The van der Waals surface area contributed by atoms with Crippen LogP contribution in [0.25, 0.3) is 11.0 Å². The van der Waals surface area contributed by atoms with Gasteiger partial charge in [-0.25, -0.2) is 9.97 Å². The molecule has 2 aromatic rings. The van der Waals surface area contributed by atoms with E-state index in [2.05, 4.69) is 15.3 Å². The molecule has 27 heavy (non-hydrogen) atoms. The number of carboxylic acid groups (broad SMARTS) is 1. The number of fused-ring (bicyclic) bond motifs is 1. The number of benzene rings is 1. The Morgan fingerprint density at radius 3 is 2.44 bits per heavy atom. The number of non-ortho nitro benzene ring substituents is 1. The predicted octanol–water partition coefficient (Wildman–Crippen LogP) is 2.32. The van der Waals surface area contributed by atoms with Crippen molar-refractivity contribution in [2.24, 2.45) is 5.92 Å². The molecule has 0 aliphatic carbocycles. The van der Waals surface area contributed by atoms with Gasteiger partial charge in [0.1, 0.15) is 5.52 Å². The standard InChI is InChI=1S/C17H22N4O6/c1-5-10(17(22)23)8-18-9(2)12-6-11(21(24)25)7-13-14(12)20-16(27-4)15(19-13)26-3/h6-7,9-10,18H,5,8H2,1-4H3,(H,22,23). The lowest BCUT2D eigenvalue weighted by molar-refractivity contribution is -0.384. The molecule has 0 bridgehead atoms. The van der Waals surface area contributed by atoms with Crippen molar-refractivity contribution in [2.75, 3.05) is 20.8 Å². The highest BCUT2D eigenvalue weighted by atomic mass is 16.6. The van der Waals surface area contributed by atoms with E-state index < -0.39 is 22.9 Å². The van der Waals surface area contributed by atoms with Crippen LogP contribution in [-0.2, 0) is 4.79 Å². The normalized spacial score (nSPS) is 13.2. The summed E-state index contributed by atoms with van der Waals surface area (Å²) in [6.45, 7) is 3.79. The second kappa shape index (κ2) is 8.58. The van der Waals surface area contributed by atoms with Crippen LogP contribution in [0, 0.1) is 16.0 Å². The number of aliphatic carboxylic acids is 1. The smallest absolute Gasteiger partial charge is 0.307 e. The van der Waals surface area contributed by atoms with Gasteiger partial charge in [0.15, 0.2) is 0 Å². The second-order valence-electron chi connectivity index (χ2n) is 5.98. The van der Waals surface area contributed by atoms with Crippen LogP contribution >= 0.6 is 0 Å². The molecule has 0 spiro atoms. The zero-order chi connectivity index (χ0) is 20.1. The molecule has 1 aromatic carbocycles. The number of methoxy groups -OCH3 is 2. The maximum atomic E-state index is 11.3. The third-order valence-electron chi connectivity index (χ3n) is 4.30. The maximum absolute atomic E-state index is 11.3. The highest BCUT2D eigenvalue weighted by Gasteiger charge is 2.22. The number of hydrogen-bond acceptors (Lipinski definition) is 8. The molecule has 2 N–H and O–H groups in total. The first-order valence-electron chi connectivity index (χ1n) is 8.36. The van der Waals surface area contributed by atoms with Crippen LogP contribution in [0.2, 0.25) is 0 Å². The van der Waals surface area contributed by atoms with Gasteiger partial charge < -0.3 is 19.9 Å². The van der Waals surface area contributed by atoms with Gasteiger partial charge in [0, 0.05) is 30.3 Å². The lowest BCUT2D eigenvalue weighted by atomic mass is 10.0. The summed E-state index contributed by atoms with van der Waals surface area (Å²) in [6.07, 6.45) is 0.468. The van der Waals surface area contributed by atoms with E-state index in [1.54, 1.807) is 13.8 Å². The average Bonchev–Trinajstić information content (AvgIpc) is 2.65. The molecule has 2 unspecified atom stereocenters. The van der Waals surface area contributed by atoms with Gasteiger partial charge in [-0.3, -0.25) is 14.9 Å². The first-order valence-corrected chi connectivity index (χ1v) is 8.36. The lowest BCUT2D eigenvalue weighted by Crippen LogP contribution is -2.30. The topological polar surface area (TPSA) is 137 Å². The van der Waals surface area contributed by atoms with Crippen LogP contribution in [0.4, 0.5) is 5.69 Å². The van der Waals surface area contributed by atoms with E-state index in [0.29, 0.717) is 17.5 Å². The molecule has 10 heteroatoms. The van der Waals surface area contributed by atoms with Gasteiger partial charge in [0.05, 0.1) is 30.6 Å². The van der Waals surface area contributed by atoms with Gasteiger partial charge in [-0.1, -0.05) is 6.92 Å². The summed E-state index contributed by atoms with van der Waals surface area (Å²) in [7, 11) is 2.82. The summed E-state index contributed by atoms with van der Waals surface area (Å²) in [5.74, 6) is -1.18. The summed E-state index contributed by atoms with van der Waals surface area (Å²) in [6, 6.07) is 2.32. The highest BCUT2D eigenvalue weighted by molar-refractivity contribution is 5.82. The van der Waals surface area contributed by atoms with Crippen LogP contribution in [0.1, 0.15) is 31.9 Å². The number of hydrogen-bond donors (Lipinski definition) is 2. The van der Waals surface area contributed by atoms with Gasteiger partial charge in [-0.2, -0.15) is 0 Å². The fraction of sp³-hybridized carbons (Fsp3) is 0.471. The van der Waals surface area contributed by atoms with Gasteiger partial charge >= 0.3 is 5.97 Å². The minimum absolute atomic E-state index is 0.119. The molecule has 0 radical (unpaired) electrons. The molecule has 1 heterocycles. The Morgan fingerprint density at radius 1 is 1.30 bits per heavy atom. The molecule has 10 nitrogen and oxygen atoms in total. The van der Waals surface area contributed by atoms with E-state index in [-0.39, 0.29) is 29.5 Å². The van der Waals surface area contributed by atoms with Crippen LogP contribution in [0.5, 0.6) is 11.8 Å². The fourth-order valence-electron chi connectivity index (χ4n) is 2.68. The summed E-state index contributed by atoms with van der Waals surface area (Å²) in [4.78, 5) is 30.6. The van der Waals surface area contributed by atoms with Crippen molar-refractivity contribution in [1.82, 2.24) is 15.3 Å². The van der Waals surface area contributed by atoms with E-state index in [9.17, 15) is 20.0 Å². The van der Waals surface area contributed by atoms with Gasteiger partial charge in [-0.15, -0.1) is 0 Å². The van der Waals surface area contributed by atoms with Gasteiger partial charge in [-0.05, 0) is 13.3 Å². The monoisotopic (exact) mass is 378 g/mol. The minimum atomic E-state index is -0.896. The molecule has 0 fully saturated rings. The third-order valence-corrected chi connectivity index (χ3v) is 4.30. The molecule has 0 saturated heterocycles. The molecular weight excluding hydrogens is 356 g/mol. The lowest BCUT2D eigenvalue weighted by Gasteiger charge is -2.19. The van der Waals surface area contributed by atoms with E-state index in [1.165, 1.54) is 26.4 Å². The van der Waals surface area contributed by atoms with Crippen LogP contribution < -0.4 is 14.8 Å². The Bertz CT molecular complexity index is 857. The van der Waals surface area contributed by atoms with E-state index in [4.69, 9.17) is 9.47 Å². The first kappa shape index (κ1) is 20.3. The summed E-state index contributed by atoms with van der Waals surface area (Å²) in [5, 5.41) is 23.6. The van der Waals surface area contributed by atoms with E-state index >= 15 is 0 Å². The number of nitrogens with zero attached hydrogens (tertiary/aromatic N) is 3. The number of nitro groups is 1. The quantitative estimate of drug-likeness (QED) is 0.497. The molecule has 0 aliphatic rings. The van der Waals surface area contributed by atoms with Crippen molar-refractivity contribution < 1.29 is 24.3 Å². The molecule has 0 aliphatic heterocycles. The molecule has 2 rings (SSSR count).